The SMILES string of the molecule is CCCC(CCO)CN=C(NCC)NCCCN1CCN(C(=O)OC(C)(C)C)CC1.I. The second-order valence-corrected chi connectivity index (χ2v) is 8.98. The van der Waals surface area contributed by atoms with Crippen molar-refractivity contribution in [2.24, 2.45) is 10.9 Å². The summed E-state index contributed by atoms with van der Waals surface area (Å²) in [6.45, 7) is 16.8. The fourth-order valence-electron chi connectivity index (χ4n) is 3.47. The van der Waals surface area contributed by atoms with E-state index in [1.807, 2.05) is 20.8 Å². The van der Waals surface area contributed by atoms with Crippen LogP contribution in [0.25, 0.3) is 0 Å². The van der Waals surface area contributed by atoms with Gasteiger partial charge in [-0.25, -0.2) is 4.79 Å². The van der Waals surface area contributed by atoms with E-state index in [0.29, 0.717) is 5.92 Å². The van der Waals surface area contributed by atoms with E-state index in [-0.39, 0.29) is 36.7 Å². The molecule has 1 saturated heterocycles. The highest BCUT2D eigenvalue weighted by Crippen LogP contribution is 2.12. The number of carbonyl (C=O) groups is 1. The molecule has 0 bridgehead atoms. The molecule has 9 heteroatoms. The Balaban J connectivity index is 0.00000900. The molecule has 0 aromatic rings. The summed E-state index contributed by atoms with van der Waals surface area (Å²) in [4.78, 5) is 21.0. The van der Waals surface area contributed by atoms with Gasteiger partial charge in [0, 0.05) is 52.4 Å². The first kappa shape index (κ1) is 30.2. The number of nitrogens with zero attached hydrogens (tertiary/aromatic N) is 3. The Kier molecular flexibility index (Phi) is 16.3. The van der Waals surface area contributed by atoms with Gasteiger partial charge in [0.15, 0.2) is 5.96 Å². The Labute approximate surface area is 206 Å². The van der Waals surface area contributed by atoms with Crippen LogP contribution in [0.5, 0.6) is 0 Å². The molecule has 1 atom stereocenters. The Morgan fingerprint density at radius 2 is 1.81 bits per heavy atom. The molecule has 0 aromatic carbocycles. The lowest BCUT2D eigenvalue weighted by Crippen LogP contribution is -2.50. The average molecular weight is 556 g/mol. The summed E-state index contributed by atoms with van der Waals surface area (Å²) in [5.74, 6) is 1.29. The molecular formula is C22H46IN5O3. The van der Waals surface area contributed by atoms with Crippen molar-refractivity contribution >= 4 is 36.0 Å². The predicted octanol–water partition coefficient (Wildman–Crippen LogP) is 2.90. The molecule has 0 aliphatic carbocycles. The molecule has 0 saturated carbocycles. The molecule has 1 aliphatic rings. The van der Waals surface area contributed by atoms with Gasteiger partial charge in [-0.05, 0) is 59.4 Å². The van der Waals surface area contributed by atoms with Gasteiger partial charge in [-0.15, -0.1) is 24.0 Å². The number of guanidine groups is 1. The number of nitrogens with one attached hydrogen (secondary N) is 2. The van der Waals surface area contributed by atoms with E-state index >= 15 is 0 Å². The van der Waals surface area contributed by atoms with Crippen molar-refractivity contribution < 1.29 is 14.6 Å². The van der Waals surface area contributed by atoms with Gasteiger partial charge < -0.3 is 25.4 Å². The fourth-order valence-corrected chi connectivity index (χ4v) is 3.47. The van der Waals surface area contributed by atoms with Crippen molar-refractivity contribution in [2.45, 2.75) is 65.9 Å². The average Bonchev–Trinajstić information content (AvgIpc) is 2.68. The van der Waals surface area contributed by atoms with E-state index < -0.39 is 5.60 Å². The zero-order valence-corrected chi connectivity index (χ0v) is 22.6. The third-order valence-corrected chi connectivity index (χ3v) is 5.05. The summed E-state index contributed by atoms with van der Waals surface area (Å²) in [5, 5.41) is 15.9. The Morgan fingerprint density at radius 1 is 1.13 bits per heavy atom. The van der Waals surface area contributed by atoms with Crippen LogP contribution in [0.4, 0.5) is 4.79 Å². The second kappa shape index (κ2) is 16.8. The molecular weight excluding hydrogens is 509 g/mol. The second-order valence-electron chi connectivity index (χ2n) is 8.98. The van der Waals surface area contributed by atoms with E-state index in [1.54, 1.807) is 4.90 Å². The number of rotatable bonds is 11. The van der Waals surface area contributed by atoms with E-state index in [9.17, 15) is 9.90 Å². The Bertz CT molecular complexity index is 500. The molecule has 0 aromatic heterocycles. The topological polar surface area (TPSA) is 89.4 Å². The lowest BCUT2D eigenvalue weighted by atomic mass is 10.0. The van der Waals surface area contributed by atoms with E-state index in [1.165, 1.54) is 0 Å². The van der Waals surface area contributed by atoms with Crippen LogP contribution in [0.2, 0.25) is 0 Å². The highest BCUT2D eigenvalue weighted by molar-refractivity contribution is 14.0. The van der Waals surface area contributed by atoms with Gasteiger partial charge in [-0.3, -0.25) is 9.89 Å². The van der Waals surface area contributed by atoms with Crippen molar-refractivity contribution in [1.82, 2.24) is 20.4 Å². The number of halogens is 1. The van der Waals surface area contributed by atoms with Crippen LogP contribution in [0.15, 0.2) is 4.99 Å². The quantitative estimate of drug-likeness (QED) is 0.157. The van der Waals surface area contributed by atoms with Crippen LogP contribution < -0.4 is 10.6 Å². The standard InChI is InChI=1S/C22H45N5O3.HI/c1-6-9-19(10-17-28)18-25-20(23-7-2)24-11-8-12-26-13-15-27(16-14-26)21(29)30-22(3,4)5;/h19,28H,6-18H2,1-5H3,(H2,23,24,25);1H. The maximum Gasteiger partial charge on any atom is 0.410 e. The molecule has 31 heavy (non-hydrogen) atoms. The number of hydrogen-bond acceptors (Lipinski definition) is 5. The maximum absolute atomic E-state index is 12.1. The van der Waals surface area contributed by atoms with Crippen molar-refractivity contribution in [3.05, 3.63) is 0 Å². The summed E-state index contributed by atoms with van der Waals surface area (Å²) in [6, 6.07) is 0. The van der Waals surface area contributed by atoms with Crippen molar-refractivity contribution in [2.75, 3.05) is 59.0 Å². The summed E-state index contributed by atoms with van der Waals surface area (Å²) in [7, 11) is 0. The van der Waals surface area contributed by atoms with Gasteiger partial charge >= 0.3 is 6.09 Å². The third-order valence-electron chi connectivity index (χ3n) is 5.05. The van der Waals surface area contributed by atoms with E-state index in [0.717, 1.165) is 84.0 Å². The van der Waals surface area contributed by atoms with Gasteiger partial charge in [0.2, 0.25) is 0 Å². The van der Waals surface area contributed by atoms with Gasteiger partial charge in [-0.2, -0.15) is 0 Å². The van der Waals surface area contributed by atoms with Crippen LogP contribution in [-0.2, 0) is 4.74 Å². The lowest BCUT2D eigenvalue weighted by Gasteiger charge is -2.35. The summed E-state index contributed by atoms with van der Waals surface area (Å²) < 4.78 is 5.45. The monoisotopic (exact) mass is 555 g/mol. The zero-order valence-electron chi connectivity index (χ0n) is 20.3. The maximum atomic E-state index is 12.1. The van der Waals surface area contributed by atoms with E-state index in [2.05, 4.69) is 29.4 Å². The highest BCUT2D eigenvalue weighted by atomic mass is 127. The van der Waals surface area contributed by atoms with Crippen LogP contribution in [-0.4, -0.2) is 91.5 Å². The van der Waals surface area contributed by atoms with Crippen molar-refractivity contribution in [3.8, 4) is 0 Å². The number of hydrogen-bond donors (Lipinski definition) is 3. The Morgan fingerprint density at radius 3 is 2.35 bits per heavy atom. The Hall–Kier alpha value is -0.810. The minimum atomic E-state index is -0.444. The number of carbonyl (C=O) groups excluding carboxylic acids is 1. The molecule has 1 rings (SSSR count). The summed E-state index contributed by atoms with van der Waals surface area (Å²) in [6.07, 6.45) is 3.83. The molecule has 1 heterocycles. The molecule has 184 valence electrons. The molecule has 1 aliphatic heterocycles. The molecule has 0 radical (unpaired) electrons. The zero-order chi connectivity index (χ0) is 22.4. The largest absolute Gasteiger partial charge is 0.444 e. The van der Waals surface area contributed by atoms with E-state index in [4.69, 9.17) is 9.73 Å². The van der Waals surface area contributed by atoms with Gasteiger partial charge in [0.25, 0.3) is 0 Å². The van der Waals surface area contributed by atoms with Crippen LogP contribution >= 0.6 is 24.0 Å². The number of aliphatic imine (C=N–C) groups is 1. The van der Waals surface area contributed by atoms with Crippen LogP contribution in [0, 0.1) is 5.92 Å². The molecule has 3 N–H and O–H groups in total. The first-order valence-electron chi connectivity index (χ1n) is 11.6. The highest BCUT2D eigenvalue weighted by Gasteiger charge is 2.25. The van der Waals surface area contributed by atoms with Gasteiger partial charge in [-0.1, -0.05) is 13.3 Å². The molecule has 1 amide bonds. The summed E-state index contributed by atoms with van der Waals surface area (Å²) >= 11 is 0. The summed E-state index contributed by atoms with van der Waals surface area (Å²) in [5.41, 5.74) is -0.444. The number of aliphatic hydroxyl groups excluding tert-OH is 1. The number of ether oxygens (including phenoxy) is 1. The molecule has 1 fully saturated rings. The predicted molar refractivity (Wildman–Crippen MR) is 138 cm³/mol. The fraction of sp³-hybridized carbons (Fsp3) is 0.909. The first-order valence-corrected chi connectivity index (χ1v) is 11.6. The van der Waals surface area contributed by atoms with Crippen molar-refractivity contribution in [3.63, 3.8) is 0 Å². The number of piperazine rings is 1. The smallest absolute Gasteiger partial charge is 0.410 e. The third kappa shape index (κ3) is 14.1. The molecule has 0 spiro atoms. The number of aliphatic hydroxyl groups is 1. The number of amides is 1. The minimum absolute atomic E-state index is 0. The minimum Gasteiger partial charge on any atom is -0.444 e. The van der Waals surface area contributed by atoms with Crippen LogP contribution in [0.3, 0.4) is 0 Å². The lowest BCUT2D eigenvalue weighted by molar-refractivity contribution is 0.0145. The first-order chi connectivity index (χ1) is 14.3. The van der Waals surface area contributed by atoms with Crippen LogP contribution in [0.1, 0.15) is 60.3 Å². The normalized spacial score (nSPS) is 16.5. The molecule has 8 nitrogen and oxygen atoms in total. The van der Waals surface area contributed by atoms with Crippen molar-refractivity contribution in [1.29, 1.82) is 0 Å². The van der Waals surface area contributed by atoms with Gasteiger partial charge in [0.1, 0.15) is 5.60 Å². The molecule has 1 unspecified atom stereocenters. The van der Waals surface area contributed by atoms with Gasteiger partial charge in [0.05, 0.1) is 0 Å².